The fourth-order valence-corrected chi connectivity index (χ4v) is 4.98. The smallest absolute Gasteiger partial charge is 0.399 e. The molecule has 1 fully saturated rings. The summed E-state index contributed by atoms with van der Waals surface area (Å²) in [6.07, 6.45) is 3.23. The summed E-state index contributed by atoms with van der Waals surface area (Å²) in [4.78, 5) is 32.5. The highest BCUT2D eigenvalue weighted by Gasteiger charge is 2.52. The topological polar surface area (TPSA) is 70.4 Å². The van der Waals surface area contributed by atoms with Crippen LogP contribution in [0.2, 0.25) is 0 Å². The Morgan fingerprint density at radius 1 is 0.895 bits per heavy atom. The maximum atomic E-state index is 14.0. The van der Waals surface area contributed by atoms with Crippen LogP contribution < -0.4 is 10.9 Å². The van der Waals surface area contributed by atoms with Crippen LogP contribution in [0.15, 0.2) is 54.9 Å². The first kappa shape index (κ1) is 26.1. The Hall–Kier alpha value is -3.48. The molecule has 38 heavy (non-hydrogen) atoms. The Bertz CT molecular complexity index is 1560. The summed E-state index contributed by atoms with van der Waals surface area (Å²) >= 11 is 0. The Morgan fingerprint density at radius 2 is 1.45 bits per heavy atom. The third-order valence-corrected chi connectivity index (χ3v) is 7.88. The highest BCUT2D eigenvalue weighted by Crippen LogP contribution is 2.37. The van der Waals surface area contributed by atoms with Gasteiger partial charge in [0.15, 0.2) is 5.78 Å². The van der Waals surface area contributed by atoms with Gasteiger partial charge in [0.25, 0.3) is 5.91 Å². The summed E-state index contributed by atoms with van der Waals surface area (Å²) in [7, 11) is 5.57. The van der Waals surface area contributed by atoms with Crippen molar-refractivity contribution >= 4 is 48.6 Å². The molecule has 190 valence electrons. The first-order valence-electron chi connectivity index (χ1n) is 12.7. The van der Waals surface area contributed by atoms with Gasteiger partial charge in [-0.1, -0.05) is 41.9 Å². The van der Waals surface area contributed by atoms with E-state index >= 15 is 0 Å². The molecule has 4 aromatic rings. The molecule has 0 N–H and O–H groups in total. The van der Waals surface area contributed by atoms with Crippen LogP contribution in [-0.4, -0.2) is 47.4 Å². The van der Waals surface area contributed by atoms with Crippen molar-refractivity contribution in [1.29, 1.82) is 0 Å². The van der Waals surface area contributed by atoms with Gasteiger partial charge in [0.05, 0.1) is 16.8 Å². The lowest BCUT2D eigenvalue weighted by Gasteiger charge is -2.32. The highest BCUT2D eigenvalue weighted by molar-refractivity contribution is 6.62. The van der Waals surface area contributed by atoms with Gasteiger partial charge in [0, 0.05) is 34.4 Å². The van der Waals surface area contributed by atoms with Gasteiger partial charge in [0.2, 0.25) is 0 Å². The zero-order valence-corrected chi connectivity index (χ0v) is 22.9. The van der Waals surface area contributed by atoms with Crippen LogP contribution in [0.5, 0.6) is 0 Å². The van der Waals surface area contributed by atoms with E-state index in [1.54, 1.807) is 18.5 Å². The van der Waals surface area contributed by atoms with Gasteiger partial charge in [-0.3, -0.25) is 14.2 Å². The minimum absolute atomic E-state index is 0.252. The van der Waals surface area contributed by atoms with Crippen LogP contribution >= 0.6 is 0 Å². The van der Waals surface area contributed by atoms with E-state index in [1.165, 1.54) is 4.57 Å². The predicted octanol–water partition coefficient (Wildman–Crippen LogP) is 3.97. The van der Waals surface area contributed by atoms with Crippen LogP contribution in [0.25, 0.3) is 11.0 Å². The molecule has 0 amide bonds. The zero-order valence-electron chi connectivity index (χ0n) is 22.9. The number of aryl methyl sites for hydroxylation is 3. The standard InChI is InChI=1S/C30H30B2N2O4/c1-17-10-8-11-18(2)24(17)28(36)34-16-22(26(35)25-19(3)12-9-13-23(25)31)21-14-20(15-33-27(21)34)32-37-29(4,5)30(6,7)38-32/h8-16H,1-7H3. The van der Waals surface area contributed by atoms with Gasteiger partial charge >= 0.3 is 7.12 Å². The quantitative estimate of drug-likeness (QED) is 0.311. The van der Waals surface area contributed by atoms with Crippen molar-refractivity contribution in [1.82, 2.24) is 9.55 Å². The molecule has 0 aliphatic carbocycles. The second-order valence-electron chi connectivity index (χ2n) is 11.1. The van der Waals surface area contributed by atoms with E-state index in [9.17, 15) is 9.59 Å². The number of carbonyl (C=O) groups excluding carboxylic acids is 2. The van der Waals surface area contributed by atoms with Crippen LogP contribution in [0.1, 0.15) is 70.7 Å². The van der Waals surface area contributed by atoms with Gasteiger partial charge in [-0.15, -0.1) is 0 Å². The molecule has 8 heteroatoms. The molecular weight excluding hydrogens is 474 g/mol. The lowest BCUT2D eigenvalue weighted by Crippen LogP contribution is -2.41. The molecule has 3 heterocycles. The second kappa shape index (κ2) is 9.07. The van der Waals surface area contributed by atoms with Crippen LogP contribution in [-0.2, 0) is 9.31 Å². The molecule has 1 aliphatic rings. The molecule has 0 unspecified atom stereocenters. The van der Waals surface area contributed by atoms with E-state index in [4.69, 9.17) is 17.2 Å². The summed E-state index contributed by atoms with van der Waals surface area (Å²) < 4.78 is 13.9. The van der Waals surface area contributed by atoms with Gasteiger partial charge < -0.3 is 9.31 Å². The van der Waals surface area contributed by atoms with E-state index in [1.807, 2.05) is 84.9 Å². The van der Waals surface area contributed by atoms with Gasteiger partial charge in [-0.2, -0.15) is 0 Å². The Kier molecular flexibility index (Phi) is 6.24. The molecule has 0 bridgehead atoms. The Morgan fingerprint density at radius 3 is 2.03 bits per heavy atom. The maximum Gasteiger partial charge on any atom is 0.496 e. The number of hydrogen-bond acceptors (Lipinski definition) is 5. The molecule has 0 saturated carbocycles. The van der Waals surface area contributed by atoms with Crippen molar-refractivity contribution in [2.75, 3.05) is 0 Å². The summed E-state index contributed by atoms with van der Waals surface area (Å²) in [5.41, 5.74) is 4.14. The van der Waals surface area contributed by atoms with Gasteiger partial charge in [-0.25, -0.2) is 4.98 Å². The zero-order chi connectivity index (χ0) is 27.6. The molecule has 5 rings (SSSR count). The van der Waals surface area contributed by atoms with Crippen LogP contribution in [0.3, 0.4) is 0 Å². The molecule has 6 nitrogen and oxygen atoms in total. The number of aromatic nitrogens is 2. The summed E-state index contributed by atoms with van der Waals surface area (Å²) in [6, 6.07) is 12.9. The van der Waals surface area contributed by atoms with E-state index < -0.39 is 18.3 Å². The largest absolute Gasteiger partial charge is 0.496 e. The molecule has 2 aromatic carbocycles. The number of hydrogen-bond donors (Lipinski definition) is 0. The summed E-state index contributed by atoms with van der Waals surface area (Å²) in [6.45, 7) is 13.6. The first-order valence-corrected chi connectivity index (χ1v) is 12.7. The first-order chi connectivity index (χ1) is 17.8. The number of benzene rings is 2. The number of rotatable bonds is 4. The average molecular weight is 504 g/mol. The highest BCUT2D eigenvalue weighted by atomic mass is 16.7. The lowest BCUT2D eigenvalue weighted by molar-refractivity contribution is 0.00578. The summed E-state index contributed by atoms with van der Waals surface area (Å²) in [5, 5.41) is 0.532. The predicted molar refractivity (Wildman–Crippen MR) is 151 cm³/mol. The van der Waals surface area contributed by atoms with Crippen LogP contribution in [0.4, 0.5) is 0 Å². The number of nitrogens with zero attached hydrogens (tertiary/aromatic N) is 2. The number of ketones is 1. The Balaban J connectivity index is 1.71. The summed E-state index contributed by atoms with van der Waals surface area (Å²) in [5.74, 6) is -0.523. The van der Waals surface area contributed by atoms with Gasteiger partial charge in [0.1, 0.15) is 13.5 Å². The van der Waals surface area contributed by atoms with Crippen molar-refractivity contribution in [3.63, 3.8) is 0 Å². The van der Waals surface area contributed by atoms with E-state index in [0.717, 1.165) is 16.7 Å². The molecule has 1 saturated heterocycles. The van der Waals surface area contributed by atoms with Crippen LogP contribution in [0, 0.1) is 20.8 Å². The number of fused-ring (bicyclic) bond motifs is 1. The third kappa shape index (κ3) is 4.12. The Labute approximate surface area is 224 Å². The molecule has 2 aromatic heterocycles. The number of pyridine rings is 1. The minimum Gasteiger partial charge on any atom is -0.399 e. The van der Waals surface area contributed by atoms with Gasteiger partial charge in [-0.05, 0) is 71.2 Å². The van der Waals surface area contributed by atoms with Crippen molar-refractivity contribution in [2.24, 2.45) is 0 Å². The number of carbonyl (C=O) groups is 2. The van der Waals surface area contributed by atoms with E-state index in [2.05, 4.69) is 4.98 Å². The average Bonchev–Trinajstić information content (AvgIpc) is 3.31. The second-order valence-corrected chi connectivity index (χ2v) is 11.1. The molecule has 0 spiro atoms. The molecule has 0 atom stereocenters. The third-order valence-electron chi connectivity index (χ3n) is 7.88. The van der Waals surface area contributed by atoms with Crippen molar-refractivity contribution in [3.05, 3.63) is 88.2 Å². The molecular formula is C30H30B2N2O4. The fraction of sp³-hybridized carbons (Fsp3) is 0.300. The normalized spacial score (nSPS) is 16.2. The van der Waals surface area contributed by atoms with E-state index in [0.29, 0.717) is 38.6 Å². The maximum absolute atomic E-state index is 14.0. The molecule has 2 radical (unpaired) electrons. The monoisotopic (exact) mass is 504 g/mol. The SMILES string of the molecule is [B]c1cccc(C)c1C(=O)c1cn(C(=O)c2c(C)cccc2C)c2ncc(B3OC(C)(C)C(C)(C)O3)cc12. The van der Waals surface area contributed by atoms with E-state index in [-0.39, 0.29) is 11.7 Å². The minimum atomic E-state index is -0.666. The molecule has 1 aliphatic heterocycles. The lowest BCUT2D eigenvalue weighted by atomic mass is 9.79. The van der Waals surface area contributed by atoms with Crippen molar-refractivity contribution in [2.45, 2.75) is 59.7 Å². The van der Waals surface area contributed by atoms with Crippen molar-refractivity contribution < 1.29 is 18.9 Å². The fourth-order valence-electron chi connectivity index (χ4n) is 4.98. The van der Waals surface area contributed by atoms with Crippen molar-refractivity contribution in [3.8, 4) is 0 Å².